The number of carboxylic acids is 1. The van der Waals surface area contributed by atoms with Gasteiger partial charge in [0.05, 0.1) is 20.1 Å². The van der Waals surface area contributed by atoms with E-state index in [1.807, 2.05) is 25.1 Å². The third-order valence-electron chi connectivity index (χ3n) is 3.58. The predicted octanol–water partition coefficient (Wildman–Crippen LogP) is 2.25. The first-order valence-corrected chi connectivity index (χ1v) is 6.72. The van der Waals surface area contributed by atoms with Gasteiger partial charge in [-0.05, 0) is 30.4 Å². The van der Waals surface area contributed by atoms with Crippen molar-refractivity contribution >= 4 is 5.97 Å². The van der Waals surface area contributed by atoms with E-state index < -0.39 is 11.9 Å². The third-order valence-corrected chi connectivity index (χ3v) is 3.58. The second-order valence-electron chi connectivity index (χ2n) is 4.72. The Morgan fingerprint density at radius 2 is 2.05 bits per heavy atom. The highest BCUT2D eigenvalue weighted by molar-refractivity contribution is 5.70. The molecule has 0 amide bonds. The molecule has 0 aromatic heterocycles. The van der Waals surface area contributed by atoms with Crippen LogP contribution >= 0.6 is 0 Å². The van der Waals surface area contributed by atoms with Gasteiger partial charge in [-0.1, -0.05) is 13.0 Å². The minimum atomic E-state index is -0.849. The van der Waals surface area contributed by atoms with Gasteiger partial charge in [-0.25, -0.2) is 0 Å². The molecule has 2 atom stereocenters. The molecule has 0 aliphatic rings. The van der Waals surface area contributed by atoms with Gasteiger partial charge in [0, 0.05) is 12.6 Å². The van der Waals surface area contributed by atoms with Crippen molar-refractivity contribution in [3.05, 3.63) is 23.8 Å². The van der Waals surface area contributed by atoms with Gasteiger partial charge < -0.3 is 20.3 Å². The maximum absolute atomic E-state index is 11.1. The molecule has 0 aliphatic carbocycles. The van der Waals surface area contributed by atoms with E-state index in [-0.39, 0.29) is 12.5 Å². The van der Waals surface area contributed by atoms with Crippen molar-refractivity contribution < 1.29 is 19.4 Å². The van der Waals surface area contributed by atoms with Gasteiger partial charge in [-0.2, -0.15) is 0 Å². The number of benzene rings is 1. The third kappa shape index (κ3) is 3.87. The zero-order valence-electron chi connectivity index (χ0n) is 12.3. The van der Waals surface area contributed by atoms with E-state index in [2.05, 4.69) is 0 Å². The molecule has 5 nitrogen and oxygen atoms in total. The summed E-state index contributed by atoms with van der Waals surface area (Å²) >= 11 is 0. The van der Waals surface area contributed by atoms with Crippen LogP contribution in [0.5, 0.6) is 11.5 Å². The lowest BCUT2D eigenvalue weighted by molar-refractivity contribution is -0.141. The average Bonchev–Trinajstić information content (AvgIpc) is 2.47. The molecule has 1 rings (SSSR count). The molecule has 0 spiro atoms. The molecule has 0 saturated heterocycles. The summed E-state index contributed by atoms with van der Waals surface area (Å²) in [6.07, 6.45) is 1.33. The van der Waals surface area contributed by atoms with Crippen molar-refractivity contribution in [3.63, 3.8) is 0 Å². The van der Waals surface area contributed by atoms with Crippen LogP contribution in [0.4, 0.5) is 0 Å². The predicted molar refractivity (Wildman–Crippen MR) is 77.4 cm³/mol. The van der Waals surface area contributed by atoms with Crippen LogP contribution in [0.25, 0.3) is 0 Å². The molecule has 0 fully saturated rings. The number of rotatable bonds is 8. The Balaban J connectivity index is 3.02. The van der Waals surface area contributed by atoms with Crippen LogP contribution in [0.3, 0.4) is 0 Å². The van der Waals surface area contributed by atoms with Gasteiger partial charge in [0.1, 0.15) is 11.5 Å². The van der Waals surface area contributed by atoms with Gasteiger partial charge in [0.15, 0.2) is 0 Å². The van der Waals surface area contributed by atoms with Crippen LogP contribution in [0.2, 0.25) is 0 Å². The molecule has 20 heavy (non-hydrogen) atoms. The Morgan fingerprint density at radius 3 is 2.50 bits per heavy atom. The van der Waals surface area contributed by atoms with Crippen LogP contribution in [0, 0.1) is 5.92 Å². The Hall–Kier alpha value is -1.75. The second kappa shape index (κ2) is 7.75. The zero-order chi connectivity index (χ0) is 15.1. The smallest absolute Gasteiger partial charge is 0.307 e. The molecular formula is C15H23NO4. The number of hydrogen-bond acceptors (Lipinski definition) is 4. The number of methoxy groups -OCH3 is 2. The minimum Gasteiger partial charge on any atom is -0.497 e. The van der Waals surface area contributed by atoms with Crippen molar-refractivity contribution in [1.82, 2.24) is 0 Å². The first kappa shape index (κ1) is 16.3. The van der Waals surface area contributed by atoms with Crippen molar-refractivity contribution in [2.24, 2.45) is 11.7 Å². The van der Waals surface area contributed by atoms with Gasteiger partial charge in [0.25, 0.3) is 0 Å². The first-order chi connectivity index (χ1) is 9.57. The average molecular weight is 281 g/mol. The van der Waals surface area contributed by atoms with E-state index in [0.29, 0.717) is 12.2 Å². The zero-order valence-corrected chi connectivity index (χ0v) is 12.3. The molecule has 0 bridgehead atoms. The fourth-order valence-electron chi connectivity index (χ4n) is 2.31. The van der Waals surface area contributed by atoms with E-state index in [9.17, 15) is 4.79 Å². The lowest BCUT2D eigenvalue weighted by atomic mass is 9.86. The summed E-state index contributed by atoms with van der Waals surface area (Å²) in [5.41, 5.74) is 6.53. The summed E-state index contributed by atoms with van der Waals surface area (Å²) in [4.78, 5) is 11.1. The van der Waals surface area contributed by atoms with Crippen LogP contribution in [0.1, 0.15) is 31.2 Å². The molecule has 0 aliphatic heterocycles. The molecule has 1 aromatic carbocycles. The van der Waals surface area contributed by atoms with E-state index in [4.69, 9.17) is 20.3 Å². The van der Waals surface area contributed by atoms with Crippen molar-refractivity contribution in [3.8, 4) is 11.5 Å². The fourth-order valence-corrected chi connectivity index (χ4v) is 2.31. The van der Waals surface area contributed by atoms with E-state index in [1.54, 1.807) is 14.2 Å². The highest BCUT2D eigenvalue weighted by Gasteiger charge is 2.23. The highest BCUT2D eigenvalue weighted by Crippen LogP contribution is 2.35. The summed E-state index contributed by atoms with van der Waals surface area (Å²) in [5.74, 6) is 0.150. The number of carbonyl (C=O) groups is 1. The van der Waals surface area contributed by atoms with Gasteiger partial charge in [-0.15, -0.1) is 0 Å². The Bertz CT molecular complexity index is 447. The number of nitrogens with two attached hydrogens (primary N) is 1. The molecule has 3 N–H and O–H groups in total. The van der Waals surface area contributed by atoms with Gasteiger partial charge >= 0.3 is 5.97 Å². The van der Waals surface area contributed by atoms with Crippen molar-refractivity contribution in [1.29, 1.82) is 0 Å². The molecule has 0 heterocycles. The van der Waals surface area contributed by atoms with E-state index in [0.717, 1.165) is 17.7 Å². The van der Waals surface area contributed by atoms with Gasteiger partial charge in [-0.3, -0.25) is 4.79 Å². The Kier molecular flexibility index (Phi) is 6.31. The standard InChI is InChI=1S/C15H23NO4/c1-4-10(7-11(9-16)15(17)18)13-6-5-12(19-2)8-14(13)20-3/h5-6,8,10-11H,4,7,9,16H2,1-3H3,(H,17,18). The monoisotopic (exact) mass is 281 g/mol. The maximum atomic E-state index is 11.1. The van der Waals surface area contributed by atoms with Crippen molar-refractivity contribution in [2.45, 2.75) is 25.7 Å². The molecule has 2 unspecified atom stereocenters. The van der Waals surface area contributed by atoms with Crippen LogP contribution in [-0.2, 0) is 4.79 Å². The quantitative estimate of drug-likeness (QED) is 0.763. The van der Waals surface area contributed by atoms with E-state index in [1.165, 1.54) is 0 Å². The maximum Gasteiger partial charge on any atom is 0.307 e. The summed E-state index contributed by atoms with van der Waals surface area (Å²) in [7, 11) is 3.20. The Labute approximate surface area is 119 Å². The van der Waals surface area contributed by atoms with Gasteiger partial charge in [0.2, 0.25) is 0 Å². The summed E-state index contributed by atoms with van der Waals surface area (Å²) in [6.45, 7) is 2.17. The first-order valence-electron chi connectivity index (χ1n) is 6.72. The number of ether oxygens (including phenoxy) is 2. The number of hydrogen-bond donors (Lipinski definition) is 2. The largest absolute Gasteiger partial charge is 0.497 e. The lowest BCUT2D eigenvalue weighted by Gasteiger charge is -2.21. The van der Waals surface area contributed by atoms with Crippen molar-refractivity contribution in [2.75, 3.05) is 20.8 Å². The van der Waals surface area contributed by atoms with Crippen LogP contribution in [-0.4, -0.2) is 31.8 Å². The van der Waals surface area contributed by atoms with Crippen LogP contribution in [0.15, 0.2) is 18.2 Å². The minimum absolute atomic E-state index is 0.0977. The normalized spacial score (nSPS) is 13.6. The number of carboxylic acid groups (broad SMARTS) is 1. The van der Waals surface area contributed by atoms with E-state index >= 15 is 0 Å². The molecular weight excluding hydrogens is 258 g/mol. The topological polar surface area (TPSA) is 81.8 Å². The molecule has 0 radical (unpaired) electrons. The number of aliphatic carboxylic acids is 1. The fraction of sp³-hybridized carbons (Fsp3) is 0.533. The lowest BCUT2D eigenvalue weighted by Crippen LogP contribution is -2.25. The van der Waals surface area contributed by atoms with Crippen LogP contribution < -0.4 is 15.2 Å². The highest BCUT2D eigenvalue weighted by atomic mass is 16.5. The molecule has 1 aromatic rings. The summed E-state index contributed by atoms with van der Waals surface area (Å²) in [5, 5.41) is 9.14. The molecule has 5 heteroatoms. The molecule has 0 saturated carbocycles. The Morgan fingerprint density at radius 1 is 1.35 bits per heavy atom. The second-order valence-corrected chi connectivity index (χ2v) is 4.72. The summed E-state index contributed by atoms with van der Waals surface area (Å²) < 4.78 is 10.6. The summed E-state index contributed by atoms with van der Waals surface area (Å²) in [6, 6.07) is 5.61. The molecule has 112 valence electrons. The SMILES string of the molecule is CCC(CC(CN)C(=O)O)c1ccc(OC)cc1OC.